The Morgan fingerprint density at radius 3 is 1.00 bits per heavy atom. The fraction of sp³-hybridized carbons (Fsp3) is 0.182. The van der Waals surface area contributed by atoms with Gasteiger partial charge in [0.1, 0.15) is 0 Å². The molecule has 2 N–H and O–H groups in total. The van der Waals surface area contributed by atoms with Gasteiger partial charge in [0.2, 0.25) is 0 Å². The third-order valence-corrected chi connectivity index (χ3v) is 3.15. The highest BCUT2D eigenvalue weighted by atomic mass is 14.5. The van der Waals surface area contributed by atoms with Crippen LogP contribution in [0.15, 0.2) is 78.9 Å². The van der Waals surface area contributed by atoms with E-state index in [1.165, 1.54) is 22.3 Å². The Hall–Kier alpha value is -2.54. The molecule has 0 aliphatic carbocycles. The number of benzene rings is 3. The molecule has 0 saturated carbocycles. The first-order chi connectivity index (χ1) is 11.0. The second-order valence-corrected chi connectivity index (χ2v) is 5.73. The molecule has 0 amide bonds. The number of nitrogens with two attached hydrogens (primary N) is 1. The maximum absolute atomic E-state index is 5.36. The molecule has 23 heavy (non-hydrogen) atoms. The second kappa shape index (κ2) is 10.2. The average molecular weight is 305 g/mol. The molecule has 3 aromatic carbocycles. The van der Waals surface area contributed by atoms with Crippen LogP contribution in [0.25, 0.3) is 0 Å². The summed E-state index contributed by atoms with van der Waals surface area (Å²) in [5.41, 5.74) is 11.5. The summed E-state index contributed by atoms with van der Waals surface area (Å²) in [5.74, 6) is 0. The van der Waals surface area contributed by atoms with E-state index in [0.29, 0.717) is 0 Å². The summed E-state index contributed by atoms with van der Waals surface area (Å²) in [6.07, 6.45) is 0. The summed E-state index contributed by atoms with van der Waals surface area (Å²) >= 11 is 0. The van der Waals surface area contributed by atoms with Crippen LogP contribution in [0.5, 0.6) is 0 Å². The van der Waals surface area contributed by atoms with Crippen molar-refractivity contribution >= 4 is 5.69 Å². The number of para-hydroxylation sites is 1. The Morgan fingerprint density at radius 1 is 0.478 bits per heavy atom. The molecule has 0 aliphatic heterocycles. The predicted octanol–water partition coefficient (Wildman–Crippen LogP) is 5.88. The van der Waals surface area contributed by atoms with E-state index in [1.807, 2.05) is 30.3 Å². The molecule has 0 spiro atoms. The summed E-state index contributed by atoms with van der Waals surface area (Å²) in [6.45, 7) is 8.42. The molecule has 3 aromatic rings. The van der Waals surface area contributed by atoms with Gasteiger partial charge in [0, 0.05) is 5.69 Å². The third-order valence-electron chi connectivity index (χ3n) is 3.15. The molecule has 1 heteroatoms. The summed E-state index contributed by atoms with van der Waals surface area (Å²) in [5, 5.41) is 0. The standard InChI is InChI=1S/2C8H10.C6H7N/c2*1-7-4-3-5-8(2)6-7;7-6-4-2-1-3-5-6/h2*3-6H,1-2H3;1-5H,7H2. The average Bonchev–Trinajstić information content (AvgIpc) is 2.49. The molecular weight excluding hydrogens is 278 g/mol. The summed E-state index contributed by atoms with van der Waals surface area (Å²) < 4.78 is 0. The first kappa shape index (κ1) is 18.5. The lowest BCUT2D eigenvalue weighted by Gasteiger charge is -1.90. The van der Waals surface area contributed by atoms with Crippen molar-refractivity contribution in [3.8, 4) is 0 Å². The van der Waals surface area contributed by atoms with E-state index in [4.69, 9.17) is 5.73 Å². The van der Waals surface area contributed by atoms with Gasteiger partial charge in [0.25, 0.3) is 0 Å². The maximum Gasteiger partial charge on any atom is 0.0313 e. The Kier molecular flexibility index (Phi) is 8.23. The summed E-state index contributed by atoms with van der Waals surface area (Å²) in [6, 6.07) is 26.4. The third kappa shape index (κ3) is 9.15. The van der Waals surface area contributed by atoms with Crippen LogP contribution in [0.2, 0.25) is 0 Å². The highest BCUT2D eigenvalue weighted by Gasteiger charge is 1.81. The zero-order valence-corrected chi connectivity index (χ0v) is 14.6. The zero-order chi connectivity index (χ0) is 17.1. The molecule has 0 atom stereocenters. The number of hydrogen-bond donors (Lipinski definition) is 1. The molecule has 0 saturated heterocycles. The molecule has 0 bridgehead atoms. The van der Waals surface area contributed by atoms with Crippen LogP contribution in [0, 0.1) is 27.7 Å². The smallest absolute Gasteiger partial charge is 0.0313 e. The van der Waals surface area contributed by atoms with Crippen LogP contribution >= 0.6 is 0 Å². The number of aryl methyl sites for hydroxylation is 4. The summed E-state index contributed by atoms with van der Waals surface area (Å²) in [4.78, 5) is 0. The monoisotopic (exact) mass is 305 g/mol. The van der Waals surface area contributed by atoms with Crippen LogP contribution < -0.4 is 5.73 Å². The van der Waals surface area contributed by atoms with E-state index >= 15 is 0 Å². The SMILES string of the molecule is Cc1cccc(C)c1.Cc1cccc(C)c1.Nc1ccccc1. The summed E-state index contributed by atoms with van der Waals surface area (Å²) in [7, 11) is 0. The molecule has 0 aromatic heterocycles. The van der Waals surface area contributed by atoms with E-state index in [1.54, 1.807) is 0 Å². The first-order valence-electron chi connectivity index (χ1n) is 7.84. The molecule has 0 radical (unpaired) electrons. The number of hydrogen-bond acceptors (Lipinski definition) is 1. The molecule has 1 nitrogen and oxygen atoms in total. The van der Waals surface area contributed by atoms with E-state index in [0.717, 1.165) is 5.69 Å². The van der Waals surface area contributed by atoms with Crippen molar-refractivity contribution in [1.29, 1.82) is 0 Å². The first-order valence-corrected chi connectivity index (χ1v) is 7.84. The number of anilines is 1. The van der Waals surface area contributed by atoms with Crippen LogP contribution in [-0.4, -0.2) is 0 Å². The Bertz CT molecular complexity index is 609. The van der Waals surface area contributed by atoms with Crippen molar-refractivity contribution in [2.24, 2.45) is 0 Å². The van der Waals surface area contributed by atoms with Gasteiger partial charge >= 0.3 is 0 Å². The number of nitrogen functional groups attached to an aromatic ring is 1. The highest BCUT2D eigenvalue weighted by Crippen LogP contribution is 2.00. The number of rotatable bonds is 0. The quantitative estimate of drug-likeness (QED) is 0.516. The van der Waals surface area contributed by atoms with Gasteiger partial charge in [-0.2, -0.15) is 0 Å². The maximum atomic E-state index is 5.36. The van der Waals surface area contributed by atoms with E-state index in [-0.39, 0.29) is 0 Å². The van der Waals surface area contributed by atoms with E-state index in [9.17, 15) is 0 Å². The van der Waals surface area contributed by atoms with Crippen molar-refractivity contribution in [1.82, 2.24) is 0 Å². The van der Waals surface area contributed by atoms with E-state index < -0.39 is 0 Å². The molecule has 0 fully saturated rings. The van der Waals surface area contributed by atoms with Gasteiger partial charge in [-0.3, -0.25) is 0 Å². The normalized spacial score (nSPS) is 9.04. The highest BCUT2D eigenvalue weighted by molar-refractivity contribution is 5.35. The molecule has 0 aliphatic rings. The molecule has 0 heterocycles. The van der Waals surface area contributed by atoms with Crippen LogP contribution in [0.4, 0.5) is 5.69 Å². The minimum atomic E-state index is 0.822. The van der Waals surface area contributed by atoms with Crippen LogP contribution in [0.3, 0.4) is 0 Å². The van der Waals surface area contributed by atoms with Gasteiger partial charge in [-0.1, -0.05) is 89.0 Å². The van der Waals surface area contributed by atoms with Gasteiger partial charge in [0.05, 0.1) is 0 Å². The molecule has 0 unspecified atom stereocenters. The fourth-order valence-corrected chi connectivity index (χ4v) is 2.07. The lowest BCUT2D eigenvalue weighted by Crippen LogP contribution is -1.79. The lowest BCUT2D eigenvalue weighted by atomic mass is 10.2. The van der Waals surface area contributed by atoms with Crippen molar-refractivity contribution in [2.75, 3.05) is 5.73 Å². The topological polar surface area (TPSA) is 26.0 Å². The van der Waals surface area contributed by atoms with Gasteiger partial charge in [-0.15, -0.1) is 0 Å². The largest absolute Gasteiger partial charge is 0.399 e. The fourth-order valence-electron chi connectivity index (χ4n) is 2.07. The van der Waals surface area contributed by atoms with Gasteiger partial charge in [0.15, 0.2) is 0 Å². The van der Waals surface area contributed by atoms with Gasteiger partial charge in [-0.05, 0) is 39.8 Å². The Labute approximate surface area is 140 Å². The van der Waals surface area contributed by atoms with Crippen molar-refractivity contribution in [2.45, 2.75) is 27.7 Å². The van der Waals surface area contributed by atoms with Crippen molar-refractivity contribution < 1.29 is 0 Å². The molecule has 3 rings (SSSR count). The predicted molar refractivity (Wildman–Crippen MR) is 103 cm³/mol. The zero-order valence-electron chi connectivity index (χ0n) is 14.6. The minimum Gasteiger partial charge on any atom is -0.399 e. The van der Waals surface area contributed by atoms with Crippen LogP contribution in [-0.2, 0) is 0 Å². The van der Waals surface area contributed by atoms with Crippen molar-refractivity contribution in [3.05, 3.63) is 101 Å². The lowest BCUT2D eigenvalue weighted by molar-refractivity contribution is 1.39. The second-order valence-electron chi connectivity index (χ2n) is 5.73. The Balaban J connectivity index is 0.000000173. The minimum absolute atomic E-state index is 0.822. The van der Waals surface area contributed by atoms with Gasteiger partial charge in [-0.25, -0.2) is 0 Å². The Morgan fingerprint density at radius 2 is 0.826 bits per heavy atom. The van der Waals surface area contributed by atoms with E-state index in [2.05, 4.69) is 76.2 Å². The van der Waals surface area contributed by atoms with Crippen molar-refractivity contribution in [3.63, 3.8) is 0 Å². The molecular formula is C22H27N. The van der Waals surface area contributed by atoms with Gasteiger partial charge < -0.3 is 5.73 Å². The molecule has 120 valence electrons. The van der Waals surface area contributed by atoms with Crippen LogP contribution in [0.1, 0.15) is 22.3 Å².